The predicted molar refractivity (Wildman–Crippen MR) is 78.3 cm³/mol. The minimum Gasteiger partial charge on any atom is -0.331 e. The topological polar surface area (TPSA) is 20.7 Å². The molecule has 1 heterocycles. The number of aromatic amines is 1. The van der Waals surface area contributed by atoms with Crippen molar-refractivity contribution in [3.8, 4) is 12.3 Å². The van der Waals surface area contributed by atoms with Crippen LogP contribution in [0.4, 0.5) is 0 Å². The van der Waals surface area contributed by atoms with Crippen molar-refractivity contribution in [1.82, 2.24) is 9.55 Å². The van der Waals surface area contributed by atoms with Crippen molar-refractivity contribution in [2.24, 2.45) is 0 Å². The molecule has 0 saturated carbocycles. The molecule has 0 aliphatic heterocycles. The first-order valence-electron chi connectivity index (χ1n) is 5.11. The standard InChI is InChI=1S/C12H11ClN2S2/c1-2-6-17-7-5-15-11-8-9(13)3-4-10(11)14-12(15)16/h1,3-4,8H,5-7H2,(H,14,16). The zero-order valence-electron chi connectivity index (χ0n) is 9.07. The lowest BCUT2D eigenvalue weighted by Crippen LogP contribution is -2.00. The molecule has 0 bridgehead atoms. The van der Waals surface area contributed by atoms with Crippen molar-refractivity contribution in [3.05, 3.63) is 28.0 Å². The van der Waals surface area contributed by atoms with Crippen molar-refractivity contribution in [3.63, 3.8) is 0 Å². The van der Waals surface area contributed by atoms with E-state index in [0.29, 0.717) is 0 Å². The van der Waals surface area contributed by atoms with Crippen LogP contribution in [0.15, 0.2) is 18.2 Å². The largest absolute Gasteiger partial charge is 0.331 e. The number of aromatic nitrogens is 2. The quantitative estimate of drug-likeness (QED) is 0.524. The number of H-pyrrole nitrogens is 1. The lowest BCUT2D eigenvalue weighted by molar-refractivity contribution is 0.784. The molecule has 2 aromatic rings. The number of fused-ring (bicyclic) bond motifs is 1. The number of hydrogen-bond acceptors (Lipinski definition) is 2. The van der Waals surface area contributed by atoms with Gasteiger partial charge in [-0.05, 0) is 30.4 Å². The minimum atomic E-state index is 0.719. The van der Waals surface area contributed by atoms with E-state index in [1.54, 1.807) is 11.8 Å². The fourth-order valence-corrected chi connectivity index (χ4v) is 2.67. The van der Waals surface area contributed by atoms with E-state index in [1.807, 2.05) is 18.2 Å². The summed E-state index contributed by atoms with van der Waals surface area (Å²) in [6.45, 7) is 0.839. The number of halogens is 1. The summed E-state index contributed by atoms with van der Waals surface area (Å²) in [5.41, 5.74) is 2.06. The number of nitrogens with zero attached hydrogens (tertiary/aromatic N) is 1. The van der Waals surface area contributed by atoms with Crippen LogP contribution < -0.4 is 0 Å². The molecule has 1 aromatic heterocycles. The van der Waals surface area contributed by atoms with Crippen molar-refractivity contribution in [2.45, 2.75) is 6.54 Å². The summed E-state index contributed by atoms with van der Waals surface area (Å²) in [7, 11) is 0. The average molecular weight is 283 g/mol. The number of benzene rings is 1. The van der Waals surface area contributed by atoms with Crippen LogP contribution in [0.5, 0.6) is 0 Å². The number of hydrogen-bond donors (Lipinski definition) is 1. The van der Waals surface area contributed by atoms with E-state index in [4.69, 9.17) is 30.2 Å². The second-order valence-electron chi connectivity index (χ2n) is 3.50. The Morgan fingerprint density at radius 3 is 3.12 bits per heavy atom. The molecule has 1 N–H and O–H groups in total. The molecule has 88 valence electrons. The fourth-order valence-electron chi connectivity index (χ4n) is 1.63. The number of terminal acetylenes is 1. The van der Waals surface area contributed by atoms with E-state index in [0.717, 1.165) is 38.9 Å². The third-order valence-electron chi connectivity index (χ3n) is 2.38. The van der Waals surface area contributed by atoms with Crippen LogP contribution in [-0.4, -0.2) is 21.1 Å². The summed E-state index contributed by atoms with van der Waals surface area (Å²) in [5.74, 6) is 4.28. The second kappa shape index (κ2) is 5.63. The molecular weight excluding hydrogens is 272 g/mol. The molecule has 0 unspecified atom stereocenters. The maximum absolute atomic E-state index is 5.99. The van der Waals surface area contributed by atoms with Crippen LogP contribution in [0, 0.1) is 17.1 Å². The van der Waals surface area contributed by atoms with Gasteiger partial charge in [0.15, 0.2) is 4.77 Å². The third kappa shape index (κ3) is 2.86. The number of thioether (sulfide) groups is 1. The van der Waals surface area contributed by atoms with Crippen molar-refractivity contribution in [1.29, 1.82) is 0 Å². The molecule has 1 aromatic carbocycles. The zero-order valence-corrected chi connectivity index (χ0v) is 11.5. The van der Waals surface area contributed by atoms with Gasteiger partial charge < -0.3 is 9.55 Å². The summed E-state index contributed by atoms with van der Waals surface area (Å²) < 4.78 is 2.78. The van der Waals surface area contributed by atoms with Crippen LogP contribution in [0.1, 0.15) is 0 Å². The van der Waals surface area contributed by atoms with Gasteiger partial charge in [0.2, 0.25) is 0 Å². The van der Waals surface area contributed by atoms with Crippen LogP contribution in [-0.2, 0) is 6.54 Å². The Hall–Kier alpha value is -0.890. The number of nitrogens with one attached hydrogen (secondary N) is 1. The van der Waals surface area contributed by atoms with Gasteiger partial charge >= 0.3 is 0 Å². The second-order valence-corrected chi connectivity index (χ2v) is 5.43. The monoisotopic (exact) mass is 282 g/mol. The van der Waals surface area contributed by atoms with Crippen LogP contribution in [0.3, 0.4) is 0 Å². The lowest BCUT2D eigenvalue weighted by atomic mass is 10.3. The van der Waals surface area contributed by atoms with Gasteiger partial charge in [-0.25, -0.2) is 0 Å². The number of imidazole rings is 1. The van der Waals surface area contributed by atoms with Gasteiger partial charge in [-0.3, -0.25) is 0 Å². The Labute approximate surface area is 114 Å². The Balaban J connectivity index is 2.27. The Kier molecular flexibility index (Phi) is 4.16. The first-order valence-corrected chi connectivity index (χ1v) is 7.06. The molecule has 2 nitrogen and oxygen atoms in total. The van der Waals surface area contributed by atoms with Crippen molar-refractivity contribution < 1.29 is 0 Å². The van der Waals surface area contributed by atoms with Gasteiger partial charge in [0.25, 0.3) is 0 Å². The Bertz CT molecular complexity index is 621. The van der Waals surface area contributed by atoms with E-state index >= 15 is 0 Å². The fraction of sp³-hybridized carbons (Fsp3) is 0.250. The molecule has 17 heavy (non-hydrogen) atoms. The zero-order chi connectivity index (χ0) is 12.3. The molecule has 0 aliphatic rings. The number of rotatable bonds is 4. The van der Waals surface area contributed by atoms with Gasteiger partial charge in [-0.15, -0.1) is 18.2 Å². The number of aryl methyl sites for hydroxylation is 1. The van der Waals surface area contributed by atoms with E-state index in [9.17, 15) is 0 Å². The predicted octanol–water partition coefficient (Wildman–Crippen LogP) is 3.72. The van der Waals surface area contributed by atoms with Gasteiger partial charge in [-0.2, -0.15) is 0 Å². The first-order chi connectivity index (χ1) is 8.22. The molecular formula is C12H11ClN2S2. The lowest BCUT2D eigenvalue weighted by Gasteiger charge is -2.03. The average Bonchev–Trinajstić information content (AvgIpc) is 2.61. The van der Waals surface area contributed by atoms with Gasteiger partial charge in [0.1, 0.15) is 0 Å². The highest BCUT2D eigenvalue weighted by atomic mass is 35.5. The van der Waals surface area contributed by atoms with Gasteiger partial charge in [-0.1, -0.05) is 17.5 Å². The van der Waals surface area contributed by atoms with E-state index in [1.165, 1.54) is 0 Å². The maximum Gasteiger partial charge on any atom is 0.178 e. The smallest absolute Gasteiger partial charge is 0.178 e. The van der Waals surface area contributed by atoms with Crippen LogP contribution in [0.25, 0.3) is 11.0 Å². The SMILES string of the molecule is C#CCSCCn1c(=S)[nH]c2ccc(Cl)cc21. The van der Waals surface area contributed by atoms with Crippen molar-refractivity contribution in [2.75, 3.05) is 11.5 Å². The van der Waals surface area contributed by atoms with E-state index in [2.05, 4.69) is 15.5 Å². The highest BCUT2D eigenvalue weighted by Crippen LogP contribution is 2.19. The molecule has 0 radical (unpaired) electrons. The molecule has 0 saturated heterocycles. The molecule has 0 spiro atoms. The van der Waals surface area contributed by atoms with Crippen molar-refractivity contribution >= 4 is 46.6 Å². The Morgan fingerprint density at radius 1 is 1.53 bits per heavy atom. The first kappa shape index (κ1) is 12.6. The van der Waals surface area contributed by atoms with Gasteiger partial charge in [0, 0.05) is 17.3 Å². The summed E-state index contributed by atoms with van der Waals surface area (Å²) in [5, 5.41) is 0.719. The normalized spacial score (nSPS) is 10.6. The van der Waals surface area contributed by atoms with Crippen LogP contribution in [0.2, 0.25) is 5.02 Å². The summed E-state index contributed by atoms with van der Waals surface area (Å²) in [6.07, 6.45) is 5.21. The highest BCUT2D eigenvalue weighted by Gasteiger charge is 2.04. The summed E-state index contributed by atoms with van der Waals surface area (Å²) in [6, 6.07) is 5.72. The third-order valence-corrected chi connectivity index (χ3v) is 3.78. The molecule has 2 rings (SSSR count). The summed E-state index contributed by atoms with van der Waals surface area (Å²) >= 11 is 13.0. The molecule has 0 fully saturated rings. The van der Waals surface area contributed by atoms with Gasteiger partial charge in [0.05, 0.1) is 16.8 Å². The highest BCUT2D eigenvalue weighted by molar-refractivity contribution is 7.99. The van der Waals surface area contributed by atoms with E-state index in [-0.39, 0.29) is 0 Å². The molecule has 5 heteroatoms. The molecule has 0 atom stereocenters. The summed E-state index contributed by atoms with van der Waals surface area (Å²) in [4.78, 5) is 3.16. The molecule has 0 amide bonds. The van der Waals surface area contributed by atoms with Crippen LogP contribution >= 0.6 is 35.6 Å². The molecule has 0 aliphatic carbocycles. The van der Waals surface area contributed by atoms with E-state index < -0.39 is 0 Å². The Morgan fingerprint density at radius 2 is 2.35 bits per heavy atom. The minimum absolute atomic E-state index is 0.719. The maximum atomic E-state index is 5.99.